The van der Waals surface area contributed by atoms with Gasteiger partial charge in [0.1, 0.15) is 16.6 Å². The van der Waals surface area contributed by atoms with E-state index in [2.05, 4.69) is 9.71 Å². The lowest BCUT2D eigenvalue weighted by Crippen LogP contribution is -2.41. The van der Waals surface area contributed by atoms with Crippen LogP contribution in [0.25, 0.3) is 21.3 Å². The molecular weight excluding hydrogens is 560 g/mol. The Morgan fingerprint density at radius 1 is 1.05 bits per heavy atom. The van der Waals surface area contributed by atoms with Gasteiger partial charge >= 0.3 is 6.18 Å². The number of aliphatic hydroxyl groups is 1. The predicted octanol–water partition coefficient (Wildman–Crippen LogP) is 7.67. The quantitative estimate of drug-likeness (QED) is 0.180. The van der Waals surface area contributed by atoms with Crippen molar-refractivity contribution in [2.24, 2.45) is 0 Å². The molecule has 38 heavy (non-hydrogen) atoms. The highest BCUT2D eigenvalue weighted by Crippen LogP contribution is 2.43. The molecule has 4 rings (SSSR count). The molecule has 0 saturated carbocycles. The summed E-state index contributed by atoms with van der Waals surface area (Å²) >= 11 is 6.07. The van der Waals surface area contributed by atoms with Gasteiger partial charge in [0, 0.05) is 43.3 Å². The normalized spacial score (nSPS) is 15.9. The number of nitrogens with zero attached hydrogens (tertiary/aromatic N) is 1. The van der Waals surface area contributed by atoms with Crippen LogP contribution in [0.2, 0.25) is 5.02 Å². The lowest BCUT2D eigenvalue weighted by atomic mass is 9.94. The van der Waals surface area contributed by atoms with Gasteiger partial charge in [-0.2, -0.15) is 13.2 Å². The second-order valence-electron chi connectivity index (χ2n) is 9.94. The van der Waals surface area contributed by atoms with Gasteiger partial charge in [0.25, 0.3) is 0 Å². The highest BCUT2D eigenvalue weighted by molar-refractivity contribution is 7.90. The summed E-state index contributed by atoms with van der Waals surface area (Å²) in [4.78, 5) is 4.87. The molecule has 0 aliphatic heterocycles. The summed E-state index contributed by atoms with van der Waals surface area (Å²) < 4.78 is 71.6. The zero-order chi connectivity index (χ0) is 28.0. The van der Waals surface area contributed by atoms with Gasteiger partial charge in [-0.1, -0.05) is 35.9 Å². The SMILES string of the molecule is CC(C)(C)[S+]([O-])NC(c1cc2cccc(-c3cc([C@](C)(O)C(F)(F)F)ccn3)c2s1)c1c(F)cccc1Cl. The zero-order valence-electron chi connectivity index (χ0n) is 20.9. The number of aromatic nitrogens is 1. The smallest absolute Gasteiger partial charge is 0.421 e. The van der Waals surface area contributed by atoms with Gasteiger partial charge in [-0.05, 0) is 69.0 Å². The third-order valence-corrected chi connectivity index (χ3v) is 9.21. The van der Waals surface area contributed by atoms with E-state index in [9.17, 15) is 22.8 Å². The summed E-state index contributed by atoms with van der Waals surface area (Å²) in [5, 5.41) is 11.1. The first-order valence-electron chi connectivity index (χ1n) is 11.5. The first kappa shape index (κ1) is 28.8. The topological polar surface area (TPSA) is 68.2 Å². The van der Waals surface area contributed by atoms with E-state index >= 15 is 4.39 Å². The minimum Gasteiger partial charge on any atom is -0.598 e. The Morgan fingerprint density at radius 2 is 1.74 bits per heavy atom. The highest BCUT2D eigenvalue weighted by atomic mass is 35.5. The molecule has 2 N–H and O–H groups in total. The van der Waals surface area contributed by atoms with Crippen molar-refractivity contribution in [3.63, 3.8) is 0 Å². The van der Waals surface area contributed by atoms with Crippen molar-refractivity contribution >= 4 is 44.4 Å². The molecule has 0 aliphatic rings. The summed E-state index contributed by atoms with van der Waals surface area (Å²) in [5.41, 5.74) is -2.50. The highest BCUT2D eigenvalue weighted by Gasteiger charge is 2.51. The second kappa shape index (κ2) is 10.4. The Kier molecular flexibility index (Phi) is 7.88. The third kappa shape index (κ3) is 5.57. The van der Waals surface area contributed by atoms with Gasteiger partial charge in [0.05, 0.1) is 5.69 Å². The minimum atomic E-state index is -4.88. The molecule has 0 amide bonds. The number of nitrogens with one attached hydrogen (secondary N) is 1. The van der Waals surface area contributed by atoms with Crippen molar-refractivity contribution in [1.29, 1.82) is 0 Å². The maximum atomic E-state index is 15.0. The van der Waals surface area contributed by atoms with E-state index in [1.165, 1.54) is 35.7 Å². The van der Waals surface area contributed by atoms with Crippen LogP contribution < -0.4 is 4.72 Å². The van der Waals surface area contributed by atoms with Crippen molar-refractivity contribution in [2.75, 3.05) is 0 Å². The van der Waals surface area contributed by atoms with Crippen LogP contribution in [-0.4, -0.2) is 25.6 Å². The van der Waals surface area contributed by atoms with Gasteiger partial charge < -0.3 is 9.66 Å². The van der Waals surface area contributed by atoms with Crippen LogP contribution in [-0.2, 0) is 17.0 Å². The molecule has 11 heteroatoms. The molecular formula is C27H25ClF4N2O2S2. The number of benzene rings is 2. The lowest BCUT2D eigenvalue weighted by Gasteiger charge is -2.28. The van der Waals surface area contributed by atoms with Crippen LogP contribution in [0.1, 0.15) is 49.7 Å². The molecule has 202 valence electrons. The molecule has 0 spiro atoms. The van der Waals surface area contributed by atoms with Crippen molar-refractivity contribution < 1.29 is 27.2 Å². The molecule has 0 fully saturated rings. The summed E-state index contributed by atoms with van der Waals surface area (Å²) in [6.07, 6.45) is -3.66. The molecule has 2 aromatic heterocycles. The molecule has 0 saturated heterocycles. The van der Waals surface area contributed by atoms with Gasteiger partial charge in [-0.3, -0.25) is 4.98 Å². The van der Waals surface area contributed by atoms with E-state index in [0.29, 0.717) is 22.1 Å². The second-order valence-corrected chi connectivity index (χ2v) is 13.4. The Bertz CT molecular complexity index is 1450. The van der Waals surface area contributed by atoms with Crippen LogP contribution >= 0.6 is 22.9 Å². The van der Waals surface area contributed by atoms with Crippen LogP contribution in [0, 0.1) is 5.82 Å². The monoisotopic (exact) mass is 584 g/mol. The Balaban J connectivity index is 1.86. The van der Waals surface area contributed by atoms with Gasteiger partial charge in [-0.15, -0.1) is 16.1 Å². The number of pyridine rings is 1. The summed E-state index contributed by atoms with van der Waals surface area (Å²) in [5.74, 6) is -0.567. The zero-order valence-corrected chi connectivity index (χ0v) is 23.2. The number of fused-ring (bicyclic) bond motifs is 1. The Morgan fingerprint density at radius 3 is 2.37 bits per heavy atom. The number of hydrogen-bond acceptors (Lipinski definition) is 5. The fourth-order valence-corrected chi connectivity index (χ4v) is 6.20. The molecule has 2 unspecified atom stereocenters. The average Bonchev–Trinajstić information content (AvgIpc) is 3.26. The molecule has 0 aliphatic carbocycles. The number of thiophene rings is 1. The van der Waals surface area contributed by atoms with Crippen LogP contribution in [0.4, 0.5) is 17.6 Å². The molecule has 4 aromatic rings. The van der Waals surface area contributed by atoms with Crippen molar-refractivity contribution in [1.82, 2.24) is 9.71 Å². The molecule has 4 nitrogen and oxygen atoms in total. The van der Waals surface area contributed by atoms with Crippen molar-refractivity contribution in [3.05, 3.63) is 87.6 Å². The lowest BCUT2D eigenvalue weighted by molar-refractivity contribution is -0.258. The molecule has 3 atom stereocenters. The van der Waals surface area contributed by atoms with E-state index in [0.717, 1.165) is 11.5 Å². The van der Waals surface area contributed by atoms with E-state index in [1.807, 2.05) is 6.07 Å². The molecule has 2 aromatic carbocycles. The maximum absolute atomic E-state index is 15.0. The van der Waals surface area contributed by atoms with Crippen molar-refractivity contribution in [3.8, 4) is 11.3 Å². The number of halogens is 5. The van der Waals surface area contributed by atoms with Gasteiger partial charge in [-0.25, -0.2) is 4.39 Å². The van der Waals surface area contributed by atoms with E-state index < -0.39 is 39.7 Å². The first-order valence-corrected chi connectivity index (χ1v) is 13.9. The summed E-state index contributed by atoms with van der Waals surface area (Å²) in [6.45, 7) is 6.05. The Hall–Kier alpha value is -2.21. The fraction of sp³-hybridized carbons (Fsp3) is 0.296. The van der Waals surface area contributed by atoms with Crippen LogP contribution in [0.15, 0.2) is 60.8 Å². The minimum absolute atomic E-state index is 0.140. The Labute approximate surface area is 230 Å². The molecule has 0 radical (unpaired) electrons. The largest absolute Gasteiger partial charge is 0.598 e. The standard InChI is InChI=1S/C27H25ClF4N2O2S2/c1-25(2,3)38(36)34-23(22-18(28)9-6-10-19(22)29)21-13-15-7-5-8-17(24(15)37-21)20-14-16(11-12-33-20)26(4,35)27(30,31)32/h5-14,23,34-35H,1-4H3/t23?,26-,38?/m0/s1. The van der Waals surface area contributed by atoms with E-state index in [4.69, 9.17) is 11.6 Å². The summed E-state index contributed by atoms with van der Waals surface area (Å²) in [7, 11) is 0. The third-order valence-electron chi connectivity index (χ3n) is 6.07. The van der Waals surface area contributed by atoms with Crippen LogP contribution in [0.3, 0.4) is 0 Å². The molecule has 2 heterocycles. The maximum Gasteiger partial charge on any atom is 0.421 e. The van der Waals surface area contributed by atoms with Crippen molar-refractivity contribution in [2.45, 2.75) is 50.3 Å². The van der Waals surface area contributed by atoms with E-state index in [1.54, 1.807) is 45.0 Å². The first-order chi connectivity index (χ1) is 17.6. The average molecular weight is 585 g/mol. The number of hydrogen-bond donors (Lipinski definition) is 2. The number of alkyl halides is 3. The van der Waals surface area contributed by atoms with Gasteiger partial charge in [0.15, 0.2) is 5.60 Å². The molecule has 0 bridgehead atoms. The predicted molar refractivity (Wildman–Crippen MR) is 145 cm³/mol. The number of rotatable bonds is 6. The van der Waals surface area contributed by atoms with E-state index in [-0.39, 0.29) is 21.8 Å². The van der Waals surface area contributed by atoms with Crippen LogP contribution in [0.5, 0.6) is 0 Å². The summed E-state index contributed by atoms with van der Waals surface area (Å²) in [6, 6.07) is 12.8. The van der Waals surface area contributed by atoms with Gasteiger partial charge in [0.2, 0.25) is 0 Å². The fourth-order valence-electron chi connectivity index (χ4n) is 3.80.